The highest BCUT2D eigenvalue weighted by Gasteiger charge is 2.26. The summed E-state index contributed by atoms with van der Waals surface area (Å²) in [7, 11) is 1.95. The molecule has 1 aliphatic rings. The second-order valence-corrected chi connectivity index (χ2v) is 6.18. The van der Waals surface area contributed by atoms with Gasteiger partial charge in [0.2, 0.25) is 0 Å². The maximum absolute atomic E-state index is 11.6. The lowest BCUT2D eigenvalue weighted by Crippen LogP contribution is -2.23. The van der Waals surface area contributed by atoms with Crippen molar-refractivity contribution in [1.29, 1.82) is 0 Å². The maximum atomic E-state index is 11.6. The number of hydrogen-bond acceptors (Lipinski definition) is 2. The number of rotatable bonds is 2. The van der Waals surface area contributed by atoms with Gasteiger partial charge in [0.25, 0.3) is 5.56 Å². The Kier molecular flexibility index (Phi) is 4.05. The molecule has 0 aliphatic heterocycles. The Morgan fingerprint density at radius 1 is 1.44 bits per heavy atom. The molecule has 100 valence electrons. The van der Waals surface area contributed by atoms with Gasteiger partial charge in [0.15, 0.2) is 4.77 Å². The van der Waals surface area contributed by atoms with Crippen molar-refractivity contribution in [3.8, 4) is 0 Å². The SMILES string of the molecule is CC(C)C1CCCC(c2cc(=O)[nH]c(=S)n2C)C1. The molecule has 0 saturated heterocycles. The summed E-state index contributed by atoms with van der Waals surface area (Å²) >= 11 is 5.19. The zero-order valence-corrected chi connectivity index (χ0v) is 12.2. The summed E-state index contributed by atoms with van der Waals surface area (Å²) in [5.41, 5.74) is 1.04. The number of nitrogens with zero attached hydrogens (tertiary/aromatic N) is 1. The van der Waals surface area contributed by atoms with E-state index in [4.69, 9.17) is 12.2 Å². The summed E-state index contributed by atoms with van der Waals surface area (Å²) in [5.74, 6) is 1.99. The highest BCUT2D eigenvalue weighted by molar-refractivity contribution is 7.71. The fraction of sp³-hybridized carbons (Fsp3) is 0.714. The molecule has 1 aromatic rings. The van der Waals surface area contributed by atoms with Gasteiger partial charge in [-0.05, 0) is 42.8 Å². The second kappa shape index (κ2) is 5.39. The largest absolute Gasteiger partial charge is 0.325 e. The lowest BCUT2D eigenvalue weighted by molar-refractivity contribution is 0.249. The molecule has 0 spiro atoms. The van der Waals surface area contributed by atoms with Crippen molar-refractivity contribution in [2.45, 2.75) is 45.4 Å². The van der Waals surface area contributed by atoms with Crippen molar-refractivity contribution in [2.24, 2.45) is 18.9 Å². The third-order valence-corrected chi connectivity index (χ3v) is 4.65. The molecule has 1 saturated carbocycles. The van der Waals surface area contributed by atoms with Crippen LogP contribution in [0.4, 0.5) is 0 Å². The minimum Gasteiger partial charge on any atom is -0.325 e. The van der Waals surface area contributed by atoms with Crippen LogP contribution in [0.5, 0.6) is 0 Å². The van der Waals surface area contributed by atoms with Gasteiger partial charge in [-0.1, -0.05) is 26.7 Å². The van der Waals surface area contributed by atoms with Crippen molar-refractivity contribution >= 4 is 12.2 Å². The Morgan fingerprint density at radius 2 is 2.17 bits per heavy atom. The van der Waals surface area contributed by atoms with Crippen molar-refractivity contribution in [3.05, 3.63) is 26.9 Å². The first-order valence-corrected chi connectivity index (χ1v) is 7.20. The summed E-state index contributed by atoms with van der Waals surface area (Å²) < 4.78 is 2.49. The summed E-state index contributed by atoms with van der Waals surface area (Å²) in [6.07, 6.45) is 4.94. The van der Waals surface area contributed by atoms with Crippen LogP contribution in [0.15, 0.2) is 10.9 Å². The van der Waals surface area contributed by atoms with Crippen molar-refractivity contribution in [3.63, 3.8) is 0 Å². The lowest BCUT2D eigenvalue weighted by atomic mass is 9.75. The molecular weight excluding hydrogens is 244 g/mol. The molecule has 0 radical (unpaired) electrons. The molecule has 0 amide bonds. The predicted octanol–water partition coefficient (Wildman–Crippen LogP) is 3.37. The number of aromatic amines is 1. The van der Waals surface area contributed by atoms with E-state index in [0.717, 1.165) is 17.5 Å². The normalized spacial score (nSPS) is 24.4. The number of aromatic nitrogens is 2. The van der Waals surface area contributed by atoms with Crippen LogP contribution in [0.1, 0.15) is 51.1 Å². The van der Waals surface area contributed by atoms with Gasteiger partial charge < -0.3 is 4.57 Å². The second-order valence-electron chi connectivity index (χ2n) is 5.79. The summed E-state index contributed by atoms with van der Waals surface area (Å²) in [6.45, 7) is 4.59. The van der Waals surface area contributed by atoms with Crippen LogP contribution < -0.4 is 5.56 Å². The van der Waals surface area contributed by atoms with Crippen molar-refractivity contribution in [2.75, 3.05) is 0 Å². The van der Waals surface area contributed by atoms with Gasteiger partial charge in [-0.25, -0.2) is 0 Å². The molecule has 4 heteroatoms. The molecule has 1 heterocycles. The molecule has 18 heavy (non-hydrogen) atoms. The van der Waals surface area contributed by atoms with Crippen LogP contribution in [-0.4, -0.2) is 9.55 Å². The third-order valence-electron chi connectivity index (χ3n) is 4.28. The van der Waals surface area contributed by atoms with E-state index >= 15 is 0 Å². The monoisotopic (exact) mass is 266 g/mol. The Labute approximate surface area is 113 Å². The minimum absolute atomic E-state index is 0.0697. The molecule has 3 nitrogen and oxygen atoms in total. The molecule has 2 unspecified atom stereocenters. The minimum atomic E-state index is -0.0697. The number of hydrogen-bond donors (Lipinski definition) is 1. The van der Waals surface area contributed by atoms with Crippen LogP contribution in [0, 0.1) is 16.6 Å². The zero-order valence-electron chi connectivity index (χ0n) is 11.4. The highest BCUT2D eigenvalue weighted by atomic mass is 32.1. The molecule has 1 fully saturated rings. The first-order valence-electron chi connectivity index (χ1n) is 6.79. The van der Waals surface area contributed by atoms with Crippen LogP contribution in [0.2, 0.25) is 0 Å². The van der Waals surface area contributed by atoms with Gasteiger partial charge >= 0.3 is 0 Å². The van der Waals surface area contributed by atoms with E-state index in [1.807, 2.05) is 11.6 Å². The first kappa shape index (κ1) is 13.5. The average Bonchev–Trinajstić information content (AvgIpc) is 2.34. The number of nitrogens with one attached hydrogen (secondary N) is 1. The smallest absolute Gasteiger partial charge is 0.251 e. The molecule has 1 aromatic heterocycles. The Bertz CT molecular complexity index is 529. The summed E-state index contributed by atoms with van der Waals surface area (Å²) in [4.78, 5) is 14.3. The highest BCUT2D eigenvalue weighted by Crippen LogP contribution is 2.38. The molecule has 1 N–H and O–H groups in total. The van der Waals surface area contributed by atoms with Gasteiger partial charge in [0.05, 0.1) is 0 Å². The van der Waals surface area contributed by atoms with Crippen LogP contribution in [0.3, 0.4) is 0 Å². The third kappa shape index (κ3) is 2.74. The fourth-order valence-electron chi connectivity index (χ4n) is 3.07. The maximum Gasteiger partial charge on any atom is 0.251 e. The number of H-pyrrole nitrogens is 1. The van der Waals surface area contributed by atoms with E-state index in [0.29, 0.717) is 10.7 Å². The van der Waals surface area contributed by atoms with Gasteiger partial charge in [0.1, 0.15) is 0 Å². The molecule has 2 atom stereocenters. The lowest BCUT2D eigenvalue weighted by Gasteiger charge is -2.32. The first-order chi connectivity index (χ1) is 8.49. The van der Waals surface area contributed by atoms with Crippen LogP contribution >= 0.6 is 12.2 Å². The fourth-order valence-corrected chi connectivity index (χ4v) is 3.27. The topological polar surface area (TPSA) is 37.8 Å². The van der Waals surface area contributed by atoms with E-state index in [1.54, 1.807) is 6.07 Å². The summed E-state index contributed by atoms with van der Waals surface area (Å²) in [5, 5.41) is 0. The molecular formula is C14H22N2OS. The molecule has 0 aromatic carbocycles. The molecule has 0 bridgehead atoms. The van der Waals surface area contributed by atoms with Gasteiger partial charge in [-0.15, -0.1) is 0 Å². The van der Waals surface area contributed by atoms with Crippen molar-refractivity contribution < 1.29 is 0 Å². The Morgan fingerprint density at radius 3 is 2.83 bits per heavy atom. The molecule has 1 aliphatic carbocycles. The quantitative estimate of drug-likeness (QED) is 0.833. The van der Waals surface area contributed by atoms with Gasteiger partial charge in [0, 0.05) is 18.8 Å². The van der Waals surface area contributed by atoms with E-state index < -0.39 is 0 Å². The average molecular weight is 266 g/mol. The van der Waals surface area contributed by atoms with E-state index in [1.165, 1.54) is 25.7 Å². The Balaban J connectivity index is 2.31. The van der Waals surface area contributed by atoms with Crippen LogP contribution in [0.25, 0.3) is 0 Å². The van der Waals surface area contributed by atoms with E-state index in [9.17, 15) is 4.79 Å². The molecule has 2 rings (SSSR count). The predicted molar refractivity (Wildman–Crippen MR) is 76.4 cm³/mol. The van der Waals surface area contributed by atoms with Crippen molar-refractivity contribution in [1.82, 2.24) is 9.55 Å². The van der Waals surface area contributed by atoms with E-state index in [2.05, 4.69) is 18.8 Å². The van der Waals surface area contributed by atoms with E-state index in [-0.39, 0.29) is 5.56 Å². The van der Waals surface area contributed by atoms with Gasteiger partial charge in [-0.3, -0.25) is 9.78 Å². The zero-order chi connectivity index (χ0) is 13.3. The summed E-state index contributed by atoms with van der Waals surface area (Å²) in [6, 6.07) is 1.73. The Hall–Kier alpha value is -0.900. The van der Waals surface area contributed by atoms with Gasteiger partial charge in [-0.2, -0.15) is 0 Å². The standard InChI is InChI=1S/C14H22N2OS/c1-9(2)10-5-4-6-11(7-10)12-8-13(17)15-14(18)16(12)3/h8-11H,4-7H2,1-3H3,(H,15,17,18). The van der Waals surface area contributed by atoms with Crippen LogP contribution in [-0.2, 0) is 7.05 Å².